The second-order valence-corrected chi connectivity index (χ2v) is 1.27. The summed E-state index contributed by atoms with van der Waals surface area (Å²) in [6, 6.07) is 0. The van der Waals surface area contributed by atoms with Crippen LogP contribution >= 0.6 is 9.24 Å². The average Bonchev–Trinajstić information content (AvgIpc) is 1.68. The predicted molar refractivity (Wildman–Crippen MR) is 32.0 cm³/mol. The number of rotatable bonds is 2. The van der Waals surface area contributed by atoms with Gasteiger partial charge in [0.05, 0.1) is 6.61 Å². The lowest BCUT2D eigenvalue weighted by Crippen LogP contribution is -1.86. The molecule has 0 aromatic heterocycles. The molecule has 0 aromatic carbocycles. The third kappa shape index (κ3) is 3.60. The van der Waals surface area contributed by atoms with Crippen LogP contribution in [0.1, 0.15) is 6.92 Å². The highest BCUT2D eigenvalue weighted by atomic mass is 31.0. The van der Waals surface area contributed by atoms with E-state index in [1.54, 1.807) is 0 Å². The lowest BCUT2D eigenvalue weighted by Gasteiger charge is -1.95. The Morgan fingerprint density at radius 3 is 2.71 bits per heavy atom. The van der Waals surface area contributed by atoms with Gasteiger partial charge in [-0.25, -0.2) is 0 Å². The van der Waals surface area contributed by atoms with Gasteiger partial charge in [-0.2, -0.15) is 0 Å². The quantitative estimate of drug-likeness (QED) is 0.439. The van der Waals surface area contributed by atoms with E-state index in [1.165, 1.54) is 5.82 Å². The molecule has 0 bridgehead atoms. The first kappa shape index (κ1) is 6.77. The monoisotopic (exact) mass is 120 g/mol. The topological polar surface area (TPSA) is 29.5 Å². The third-order valence-corrected chi connectivity index (χ3v) is 0.720. The van der Waals surface area contributed by atoms with Gasteiger partial charge in [-0.15, -0.1) is 9.24 Å². The van der Waals surface area contributed by atoms with E-state index in [0.29, 0.717) is 6.61 Å². The minimum atomic E-state index is -0.0347. The molecule has 0 saturated heterocycles. The van der Waals surface area contributed by atoms with Crippen molar-refractivity contribution in [3.05, 3.63) is 11.8 Å². The maximum atomic E-state index is 8.48. The normalized spacial score (nSPS) is 11.4. The minimum Gasteiger partial charge on any atom is -0.481 e. The Bertz CT molecular complexity index is 70.1. The summed E-state index contributed by atoms with van der Waals surface area (Å²) in [6.45, 7) is 2.32. The van der Waals surface area contributed by atoms with Crippen molar-refractivity contribution in [2.24, 2.45) is 0 Å². The number of aliphatic hydroxyl groups excluding tert-OH is 1. The lowest BCUT2D eigenvalue weighted by molar-refractivity contribution is 0.104. The first-order valence-electron chi connectivity index (χ1n) is 2.05. The molecular formula is C4H9O2P. The van der Waals surface area contributed by atoms with Gasteiger partial charge in [0.15, 0.2) is 0 Å². The van der Waals surface area contributed by atoms with Crippen LogP contribution in [-0.2, 0) is 4.74 Å². The number of hydrogen-bond acceptors (Lipinski definition) is 2. The molecule has 1 N–H and O–H groups in total. The summed E-state index contributed by atoms with van der Waals surface area (Å²) in [6.07, 6.45) is 0. The van der Waals surface area contributed by atoms with E-state index in [2.05, 4.69) is 14.0 Å². The van der Waals surface area contributed by atoms with E-state index in [1.807, 2.05) is 6.92 Å². The van der Waals surface area contributed by atoms with Crippen LogP contribution in [0.4, 0.5) is 0 Å². The van der Waals surface area contributed by atoms with E-state index < -0.39 is 0 Å². The second-order valence-electron chi connectivity index (χ2n) is 0.938. The fraction of sp³-hybridized carbons (Fsp3) is 0.500. The van der Waals surface area contributed by atoms with Gasteiger partial charge in [-0.05, 0) is 6.92 Å². The zero-order valence-electron chi connectivity index (χ0n) is 4.22. The van der Waals surface area contributed by atoms with Crippen molar-refractivity contribution in [1.82, 2.24) is 0 Å². The van der Waals surface area contributed by atoms with Crippen LogP contribution in [0.2, 0.25) is 0 Å². The van der Waals surface area contributed by atoms with Gasteiger partial charge in [-0.3, -0.25) is 0 Å². The first-order valence-corrected chi connectivity index (χ1v) is 2.71. The molecule has 3 heteroatoms. The van der Waals surface area contributed by atoms with Gasteiger partial charge in [0.2, 0.25) is 0 Å². The summed E-state index contributed by atoms with van der Waals surface area (Å²) in [4.78, 5) is 0. The number of ether oxygens (including phenoxy) is 1. The van der Waals surface area contributed by atoms with Gasteiger partial charge < -0.3 is 9.84 Å². The first-order chi connectivity index (χ1) is 3.31. The van der Waals surface area contributed by atoms with Crippen molar-refractivity contribution in [3.63, 3.8) is 0 Å². The van der Waals surface area contributed by atoms with Gasteiger partial charge in [0, 0.05) is 5.82 Å². The highest BCUT2D eigenvalue weighted by Gasteiger charge is 1.81. The molecule has 0 spiro atoms. The molecule has 0 saturated carbocycles. The lowest BCUT2D eigenvalue weighted by atomic mass is 10.8. The minimum absolute atomic E-state index is 0.0347. The molecular weight excluding hydrogens is 111 g/mol. The Morgan fingerprint density at radius 2 is 2.57 bits per heavy atom. The fourth-order valence-corrected chi connectivity index (χ4v) is 0.292. The molecule has 0 heterocycles. The van der Waals surface area contributed by atoms with Crippen LogP contribution in [0.25, 0.3) is 0 Å². The van der Waals surface area contributed by atoms with Crippen LogP contribution in [0.5, 0.6) is 0 Å². The predicted octanol–water partition coefficient (Wildman–Crippen LogP) is 1.25. The summed E-state index contributed by atoms with van der Waals surface area (Å²) < 4.78 is 4.59. The SMILES string of the molecule is CCO/C(O)=C\P. The van der Waals surface area contributed by atoms with Crippen molar-refractivity contribution >= 4 is 9.24 Å². The molecule has 7 heavy (non-hydrogen) atoms. The van der Waals surface area contributed by atoms with Crippen molar-refractivity contribution in [2.75, 3.05) is 6.61 Å². The largest absolute Gasteiger partial charge is 0.481 e. The van der Waals surface area contributed by atoms with Crippen molar-refractivity contribution in [1.29, 1.82) is 0 Å². The van der Waals surface area contributed by atoms with Crippen molar-refractivity contribution < 1.29 is 9.84 Å². The van der Waals surface area contributed by atoms with E-state index in [4.69, 9.17) is 5.11 Å². The Hall–Kier alpha value is -0.230. The molecule has 0 aliphatic rings. The van der Waals surface area contributed by atoms with Gasteiger partial charge >= 0.3 is 0 Å². The van der Waals surface area contributed by atoms with E-state index in [9.17, 15) is 0 Å². The molecule has 0 aromatic rings. The van der Waals surface area contributed by atoms with Crippen LogP contribution < -0.4 is 0 Å². The van der Waals surface area contributed by atoms with Gasteiger partial charge in [0.1, 0.15) is 0 Å². The zero-order valence-corrected chi connectivity index (χ0v) is 5.37. The molecule has 0 aliphatic carbocycles. The average molecular weight is 120 g/mol. The maximum absolute atomic E-state index is 8.48. The van der Waals surface area contributed by atoms with Crippen molar-refractivity contribution in [2.45, 2.75) is 6.92 Å². The molecule has 0 aliphatic heterocycles. The Morgan fingerprint density at radius 1 is 2.00 bits per heavy atom. The Kier molecular flexibility index (Phi) is 3.81. The number of hydrogen-bond donors (Lipinski definition) is 1. The molecule has 0 radical (unpaired) electrons. The summed E-state index contributed by atoms with van der Waals surface area (Å²) in [7, 11) is 2.23. The molecule has 0 rings (SSSR count). The standard InChI is InChI=1S/C4H9O2P/c1-2-6-4(5)3-7/h3,5H,2,7H2,1H3/b4-3-. The highest BCUT2D eigenvalue weighted by molar-refractivity contribution is 7.20. The Balaban J connectivity index is 3.17. The van der Waals surface area contributed by atoms with Crippen LogP contribution in [0.3, 0.4) is 0 Å². The maximum Gasteiger partial charge on any atom is 0.276 e. The molecule has 0 amide bonds. The summed E-state index contributed by atoms with van der Waals surface area (Å²) in [5.41, 5.74) is 0. The second kappa shape index (κ2) is 3.94. The zero-order chi connectivity index (χ0) is 5.70. The summed E-state index contributed by atoms with van der Waals surface area (Å²) >= 11 is 0. The van der Waals surface area contributed by atoms with Gasteiger partial charge in [-0.1, -0.05) is 0 Å². The van der Waals surface area contributed by atoms with Crippen LogP contribution in [0.15, 0.2) is 11.8 Å². The fourth-order valence-electron chi connectivity index (χ4n) is 0.196. The van der Waals surface area contributed by atoms with Gasteiger partial charge in [0.25, 0.3) is 5.95 Å². The number of aliphatic hydroxyl groups is 1. The van der Waals surface area contributed by atoms with E-state index in [0.717, 1.165) is 0 Å². The van der Waals surface area contributed by atoms with E-state index >= 15 is 0 Å². The summed E-state index contributed by atoms with van der Waals surface area (Å²) in [5.74, 6) is 1.39. The molecule has 1 atom stereocenters. The highest BCUT2D eigenvalue weighted by Crippen LogP contribution is 1.93. The molecule has 42 valence electrons. The van der Waals surface area contributed by atoms with Crippen LogP contribution in [-0.4, -0.2) is 11.7 Å². The molecule has 2 nitrogen and oxygen atoms in total. The summed E-state index contributed by atoms with van der Waals surface area (Å²) in [5, 5.41) is 8.48. The molecule has 0 fully saturated rings. The smallest absolute Gasteiger partial charge is 0.276 e. The van der Waals surface area contributed by atoms with Crippen LogP contribution in [0, 0.1) is 0 Å². The Labute approximate surface area is 45.4 Å². The van der Waals surface area contributed by atoms with Crippen molar-refractivity contribution in [3.8, 4) is 0 Å². The molecule has 1 unspecified atom stereocenters. The van der Waals surface area contributed by atoms with E-state index in [-0.39, 0.29) is 5.95 Å². The third-order valence-electron chi connectivity index (χ3n) is 0.435.